The normalized spacial score (nSPS) is 30.1. The number of hydrogen-bond acceptors (Lipinski definition) is 5. The van der Waals surface area contributed by atoms with E-state index in [9.17, 15) is 0 Å². The second-order valence-electron chi connectivity index (χ2n) is 5.77. The van der Waals surface area contributed by atoms with Gasteiger partial charge in [0.05, 0.1) is 13.3 Å². The van der Waals surface area contributed by atoms with Crippen LogP contribution < -0.4 is 10.1 Å². The number of nitrogens with one attached hydrogen (secondary N) is 1. The Hall–Kier alpha value is -1.07. The van der Waals surface area contributed by atoms with Crippen molar-refractivity contribution in [2.24, 2.45) is 0 Å². The zero-order valence-electron chi connectivity index (χ0n) is 12.0. The Balaban J connectivity index is 1.72. The number of ether oxygens (including phenoxy) is 1. The highest BCUT2D eigenvalue weighted by atomic mass is 35.5. The van der Waals surface area contributed by atoms with Crippen LogP contribution in [0.4, 0.5) is 5.82 Å². The van der Waals surface area contributed by atoms with Gasteiger partial charge in [-0.2, -0.15) is 4.98 Å². The fraction of sp³-hybridized carbons (Fsp3) is 0.714. The monoisotopic (exact) mass is 296 g/mol. The Bertz CT molecular complexity index is 470. The van der Waals surface area contributed by atoms with E-state index < -0.39 is 0 Å². The summed E-state index contributed by atoms with van der Waals surface area (Å²) in [4.78, 5) is 10.9. The van der Waals surface area contributed by atoms with Crippen molar-refractivity contribution in [3.63, 3.8) is 0 Å². The number of anilines is 1. The number of fused-ring (bicyclic) bond motifs is 2. The first-order valence-electron chi connectivity index (χ1n) is 7.22. The molecular weight excluding hydrogens is 276 g/mol. The summed E-state index contributed by atoms with van der Waals surface area (Å²) in [6.07, 6.45) is 7.84. The van der Waals surface area contributed by atoms with Crippen molar-refractivity contribution < 1.29 is 4.74 Å². The lowest BCUT2D eigenvalue weighted by molar-refractivity contribution is 0.0608. The van der Waals surface area contributed by atoms with Gasteiger partial charge in [-0.25, -0.2) is 4.98 Å². The number of piperidine rings is 2. The Kier molecular flexibility index (Phi) is 3.98. The van der Waals surface area contributed by atoms with Crippen molar-refractivity contribution in [2.75, 3.05) is 19.5 Å². The molecule has 5 nitrogen and oxygen atoms in total. The van der Waals surface area contributed by atoms with Crippen LogP contribution in [0, 0.1) is 0 Å². The molecule has 0 amide bonds. The van der Waals surface area contributed by atoms with E-state index >= 15 is 0 Å². The highest BCUT2D eigenvalue weighted by molar-refractivity contribution is 6.32. The lowest BCUT2D eigenvalue weighted by Gasteiger charge is -2.47. The molecule has 0 radical (unpaired) electrons. The number of rotatable bonds is 3. The second-order valence-corrected chi connectivity index (χ2v) is 6.18. The van der Waals surface area contributed by atoms with E-state index in [-0.39, 0.29) is 0 Å². The van der Waals surface area contributed by atoms with E-state index in [0.717, 1.165) is 12.8 Å². The summed E-state index contributed by atoms with van der Waals surface area (Å²) in [6, 6.07) is 2.15. The molecule has 2 saturated heterocycles. The second kappa shape index (κ2) is 5.74. The van der Waals surface area contributed by atoms with Gasteiger partial charge < -0.3 is 15.0 Å². The minimum absolute atomic E-state index is 0.352. The molecule has 0 aliphatic carbocycles. The van der Waals surface area contributed by atoms with E-state index in [4.69, 9.17) is 16.3 Å². The highest BCUT2D eigenvalue weighted by Gasteiger charge is 2.36. The van der Waals surface area contributed by atoms with Gasteiger partial charge >= 0.3 is 6.01 Å². The van der Waals surface area contributed by atoms with Gasteiger partial charge in [0.25, 0.3) is 0 Å². The highest BCUT2D eigenvalue weighted by Crippen LogP contribution is 2.34. The lowest BCUT2D eigenvalue weighted by atomic mass is 9.82. The molecule has 1 aromatic rings. The van der Waals surface area contributed by atoms with Gasteiger partial charge in [-0.3, -0.25) is 0 Å². The molecule has 2 aliphatic heterocycles. The maximum Gasteiger partial charge on any atom is 0.318 e. The predicted molar refractivity (Wildman–Crippen MR) is 79.4 cm³/mol. The third-order valence-corrected chi connectivity index (χ3v) is 4.86. The molecule has 2 fully saturated rings. The van der Waals surface area contributed by atoms with Crippen molar-refractivity contribution in [3.05, 3.63) is 11.2 Å². The smallest absolute Gasteiger partial charge is 0.318 e. The minimum atomic E-state index is 0.352. The third-order valence-electron chi connectivity index (χ3n) is 4.59. The van der Waals surface area contributed by atoms with Crippen LogP contribution in [0.3, 0.4) is 0 Å². The van der Waals surface area contributed by atoms with Crippen LogP contribution in [-0.2, 0) is 0 Å². The molecule has 3 atom stereocenters. The molecule has 2 aliphatic rings. The summed E-state index contributed by atoms with van der Waals surface area (Å²) in [7, 11) is 3.82. The molecule has 20 heavy (non-hydrogen) atoms. The standard InChI is InChI=1S/C14H21ClN4O/c1-19-10-4-3-5-11(19)7-9(6-10)17-13-12(15)8-16-14(18-13)20-2/h8-11H,3-7H2,1-2H3,(H,16,17,18)/t9?,10-,11+. The molecule has 0 aromatic carbocycles. The van der Waals surface area contributed by atoms with Gasteiger partial charge in [-0.05, 0) is 32.7 Å². The number of hydrogen-bond donors (Lipinski definition) is 1. The van der Waals surface area contributed by atoms with Crippen LogP contribution in [0.2, 0.25) is 5.02 Å². The molecule has 110 valence electrons. The fourth-order valence-electron chi connectivity index (χ4n) is 3.48. The molecular formula is C14H21ClN4O. The van der Waals surface area contributed by atoms with Crippen LogP contribution >= 0.6 is 11.6 Å². The maximum absolute atomic E-state index is 6.17. The molecule has 0 spiro atoms. The van der Waals surface area contributed by atoms with Crippen molar-refractivity contribution >= 4 is 17.4 Å². The number of aromatic nitrogens is 2. The third kappa shape index (κ3) is 2.69. The summed E-state index contributed by atoms with van der Waals surface area (Å²) >= 11 is 6.17. The average Bonchev–Trinajstić information content (AvgIpc) is 2.42. The van der Waals surface area contributed by atoms with Crippen molar-refractivity contribution in [1.82, 2.24) is 14.9 Å². The van der Waals surface area contributed by atoms with Crippen LogP contribution in [0.1, 0.15) is 32.1 Å². The van der Waals surface area contributed by atoms with Crippen LogP contribution in [-0.4, -0.2) is 47.2 Å². The van der Waals surface area contributed by atoms with E-state index in [0.29, 0.717) is 35.0 Å². The zero-order valence-corrected chi connectivity index (χ0v) is 12.7. The van der Waals surface area contributed by atoms with Gasteiger partial charge in [0.15, 0.2) is 5.82 Å². The topological polar surface area (TPSA) is 50.3 Å². The number of nitrogens with zero attached hydrogens (tertiary/aromatic N) is 3. The Morgan fingerprint density at radius 1 is 1.35 bits per heavy atom. The number of halogens is 1. The summed E-state index contributed by atoms with van der Waals surface area (Å²) in [6.45, 7) is 0. The Morgan fingerprint density at radius 2 is 2.05 bits per heavy atom. The van der Waals surface area contributed by atoms with Gasteiger partial charge in [0, 0.05) is 18.1 Å². The Labute approximate surface area is 124 Å². The maximum atomic E-state index is 6.17. The summed E-state index contributed by atoms with van der Waals surface area (Å²) in [5.41, 5.74) is 0. The number of methoxy groups -OCH3 is 1. The van der Waals surface area contributed by atoms with Crippen molar-refractivity contribution in [1.29, 1.82) is 0 Å². The first-order valence-corrected chi connectivity index (χ1v) is 7.60. The quantitative estimate of drug-likeness (QED) is 0.929. The molecule has 3 heterocycles. The van der Waals surface area contributed by atoms with Gasteiger partial charge in [0.1, 0.15) is 5.02 Å². The zero-order chi connectivity index (χ0) is 14.1. The molecule has 1 unspecified atom stereocenters. The summed E-state index contributed by atoms with van der Waals surface area (Å²) < 4.78 is 5.06. The van der Waals surface area contributed by atoms with Crippen LogP contribution in [0.15, 0.2) is 6.20 Å². The van der Waals surface area contributed by atoms with Crippen LogP contribution in [0.5, 0.6) is 6.01 Å². The van der Waals surface area contributed by atoms with Crippen molar-refractivity contribution in [3.8, 4) is 6.01 Å². The first-order chi connectivity index (χ1) is 9.67. The van der Waals surface area contributed by atoms with Crippen molar-refractivity contribution in [2.45, 2.75) is 50.2 Å². The van der Waals surface area contributed by atoms with E-state index in [1.165, 1.54) is 19.3 Å². The largest absolute Gasteiger partial charge is 0.467 e. The minimum Gasteiger partial charge on any atom is -0.467 e. The van der Waals surface area contributed by atoms with E-state index in [1.54, 1.807) is 13.3 Å². The molecule has 6 heteroatoms. The van der Waals surface area contributed by atoms with Gasteiger partial charge in [-0.15, -0.1) is 0 Å². The first kappa shape index (κ1) is 13.9. The fourth-order valence-corrected chi connectivity index (χ4v) is 3.62. The Morgan fingerprint density at radius 3 is 2.70 bits per heavy atom. The molecule has 1 aromatic heterocycles. The SMILES string of the molecule is COc1ncc(Cl)c(NC2C[C@H]3CCC[C@@H](C2)N3C)n1. The van der Waals surface area contributed by atoms with Gasteiger partial charge in [-0.1, -0.05) is 18.0 Å². The predicted octanol–water partition coefficient (Wildman–Crippen LogP) is 2.57. The molecule has 2 bridgehead atoms. The molecule has 3 rings (SSSR count). The molecule has 1 N–H and O–H groups in total. The average molecular weight is 297 g/mol. The van der Waals surface area contributed by atoms with E-state index in [1.807, 2.05) is 0 Å². The molecule has 0 saturated carbocycles. The van der Waals surface area contributed by atoms with Gasteiger partial charge in [0.2, 0.25) is 0 Å². The lowest BCUT2D eigenvalue weighted by Crippen LogP contribution is -2.52. The summed E-state index contributed by atoms with van der Waals surface area (Å²) in [5, 5.41) is 4.03. The van der Waals surface area contributed by atoms with Crippen LogP contribution in [0.25, 0.3) is 0 Å². The van der Waals surface area contributed by atoms with E-state index in [2.05, 4.69) is 27.2 Å². The summed E-state index contributed by atoms with van der Waals surface area (Å²) in [5.74, 6) is 0.686.